The van der Waals surface area contributed by atoms with Gasteiger partial charge in [0, 0.05) is 13.1 Å². The molecule has 1 saturated heterocycles. The number of sulfonamides is 1. The van der Waals surface area contributed by atoms with Crippen LogP contribution >= 0.6 is 0 Å². The molecule has 0 atom stereocenters. The fourth-order valence-corrected chi connectivity index (χ4v) is 3.35. The van der Waals surface area contributed by atoms with Crippen LogP contribution in [0.3, 0.4) is 0 Å². The number of nitrogens with zero attached hydrogens (tertiary/aromatic N) is 1. The number of carboxylic acid groups (broad SMARTS) is 1. The summed E-state index contributed by atoms with van der Waals surface area (Å²) in [6.07, 6.45) is 0. The first-order valence-electron chi connectivity index (χ1n) is 5.73. The zero-order valence-corrected chi connectivity index (χ0v) is 11.3. The van der Waals surface area contributed by atoms with Crippen LogP contribution in [0.4, 0.5) is 8.78 Å². The average molecular weight is 320 g/mol. The summed E-state index contributed by atoms with van der Waals surface area (Å²) in [7, 11) is -4.43. The molecule has 1 aromatic rings. The van der Waals surface area contributed by atoms with E-state index < -0.39 is 50.5 Å². The van der Waals surface area contributed by atoms with Gasteiger partial charge in [0.15, 0.2) is 5.82 Å². The number of hydrogen-bond donors (Lipinski definition) is 2. The van der Waals surface area contributed by atoms with Gasteiger partial charge < -0.3 is 10.4 Å². The molecule has 1 aliphatic rings. The second kappa shape index (κ2) is 5.37. The minimum atomic E-state index is -4.43. The minimum Gasteiger partial charge on any atom is -0.477 e. The quantitative estimate of drug-likeness (QED) is 0.801. The molecule has 0 radical (unpaired) electrons. The number of carbonyl (C=O) groups is 2. The lowest BCUT2D eigenvalue weighted by molar-refractivity contribution is -0.122. The fraction of sp³-hybridized carbons (Fsp3) is 0.273. The Morgan fingerprint density at radius 3 is 2.57 bits per heavy atom. The summed E-state index contributed by atoms with van der Waals surface area (Å²) in [5.74, 6) is -5.55. The summed E-state index contributed by atoms with van der Waals surface area (Å²) < 4.78 is 52.4. The van der Waals surface area contributed by atoms with Crippen molar-refractivity contribution in [3.8, 4) is 0 Å². The van der Waals surface area contributed by atoms with Crippen molar-refractivity contribution >= 4 is 21.9 Å². The van der Waals surface area contributed by atoms with Crippen molar-refractivity contribution in [2.45, 2.75) is 4.90 Å². The van der Waals surface area contributed by atoms with E-state index in [1.54, 1.807) is 0 Å². The van der Waals surface area contributed by atoms with Crippen LogP contribution in [0, 0.1) is 11.6 Å². The summed E-state index contributed by atoms with van der Waals surface area (Å²) in [6, 6.07) is 1.20. The predicted octanol–water partition coefficient (Wildman–Crippen LogP) is -0.217. The molecule has 114 valence electrons. The van der Waals surface area contributed by atoms with Crippen molar-refractivity contribution < 1.29 is 31.9 Å². The molecule has 1 amide bonds. The van der Waals surface area contributed by atoms with E-state index >= 15 is 0 Å². The van der Waals surface area contributed by atoms with E-state index in [9.17, 15) is 26.8 Å². The monoisotopic (exact) mass is 320 g/mol. The summed E-state index contributed by atoms with van der Waals surface area (Å²) in [4.78, 5) is 21.0. The van der Waals surface area contributed by atoms with Crippen LogP contribution in [0.2, 0.25) is 0 Å². The second-order valence-corrected chi connectivity index (χ2v) is 6.13. The summed E-state index contributed by atoms with van der Waals surface area (Å²) >= 11 is 0. The van der Waals surface area contributed by atoms with E-state index in [-0.39, 0.29) is 13.1 Å². The van der Waals surface area contributed by atoms with E-state index in [1.807, 2.05) is 0 Å². The third kappa shape index (κ3) is 2.72. The lowest BCUT2D eigenvalue weighted by atomic mass is 10.2. The highest BCUT2D eigenvalue weighted by molar-refractivity contribution is 7.89. The standard InChI is InChI=1S/C11H10F2N2O5S/c12-6-1-2-7(10(13)9(6)11(17)18)21(19,20)15-4-3-14-8(16)5-15/h1-2H,3-5H2,(H,14,16)(H,17,18). The summed E-state index contributed by atoms with van der Waals surface area (Å²) in [6.45, 7) is -0.554. The Bertz CT molecular complexity index is 720. The maximum atomic E-state index is 14.0. The Labute approximate surface area is 118 Å². The van der Waals surface area contributed by atoms with Gasteiger partial charge in [-0.05, 0) is 12.1 Å². The molecule has 0 aromatic heterocycles. The van der Waals surface area contributed by atoms with Crippen molar-refractivity contribution in [2.75, 3.05) is 19.6 Å². The van der Waals surface area contributed by atoms with Gasteiger partial charge in [0.05, 0.1) is 6.54 Å². The smallest absolute Gasteiger partial charge is 0.341 e. The molecule has 2 N–H and O–H groups in total. The van der Waals surface area contributed by atoms with Gasteiger partial charge in [-0.15, -0.1) is 0 Å². The van der Waals surface area contributed by atoms with E-state index in [0.29, 0.717) is 16.4 Å². The van der Waals surface area contributed by atoms with Gasteiger partial charge >= 0.3 is 5.97 Å². The SMILES string of the molecule is O=C1CN(S(=O)(=O)c2ccc(F)c(C(=O)O)c2F)CCN1. The van der Waals surface area contributed by atoms with Crippen molar-refractivity contribution in [1.29, 1.82) is 0 Å². The van der Waals surface area contributed by atoms with Crippen molar-refractivity contribution in [3.05, 3.63) is 29.3 Å². The molecule has 0 spiro atoms. The van der Waals surface area contributed by atoms with Crippen LogP contribution in [0.5, 0.6) is 0 Å². The average Bonchev–Trinajstić information content (AvgIpc) is 2.37. The Morgan fingerprint density at radius 2 is 2.00 bits per heavy atom. The van der Waals surface area contributed by atoms with Crippen molar-refractivity contribution in [1.82, 2.24) is 9.62 Å². The van der Waals surface area contributed by atoms with Gasteiger partial charge in [0.25, 0.3) is 0 Å². The van der Waals surface area contributed by atoms with Crippen LogP contribution < -0.4 is 5.32 Å². The first-order chi connectivity index (χ1) is 9.75. The Hall–Kier alpha value is -2.07. The van der Waals surface area contributed by atoms with Crippen LogP contribution in [0.25, 0.3) is 0 Å². The third-order valence-corrected chi connectivity index (χ3v) is 4.75. The lowest BCUT2D eigenvalue weighted by Crippen LogP contribution is -2.50. The molecule has 1 fully saturated rings. The lowest BCUT2D eigenvalue weighted by Gasteiger charge is -2.26. The van der Waals surface area contributed by atoms with Crippen molar-refractivity contribution in [3.63, 3.8) is 0 Å². The van der Waals surface area contributed by atoms with Crippen LogP contribution in [0.15, 0.2) is 17.0 Å². The van der Waals surface area contributed by atoms with Gasteiger partial charge in [0.2, 0.25) is 15.9 Å². The van der Waals surface area contributed by atoms with Crippen molar-refractivity contribution in [2.24, 2.45) is 0 Å². The normalized spacial score (nSPS) is 16.6. The number of rotatable bonds is 3. The molecule has 0 unspecified atom stereocenters. The molecule has 1 aromatic carbocycles. The maximum absolute atomic E-state index is 14.0. The molecule has 1 aliphatic heterocycles. The van der Waals surface area contributed by atoms with Gasteiger partial charge in [-0.3, -0.25) is 4.79 Å². The third-order valence-electron chi connectivity index (χ3n) is 2.89. The Morgan fingerprint density at radius 1 is 1.33 bits per heavy atom. The molecule has 2 rings (SSSR count). The molecular weight excluding hydrogens is 310 g/mol. The van der Waals surface area contributed by atoms with E-state index in [1.165, 1.54) is 0 Å². The zero-order chi connectivity index (χ0) is 15.8. The van der Waals surface area contributed by atoms with Crippen LogP contribution in [-0.2, 0) is 14.8 Å². The number of aromatic carboxylic acids is 1. The Kier molecular flexibility index (Phi) is 3.92. The maximum Gasteiger partial charge on any atom is 0.341 e. The second-order valence-electron chi connectivity index (χ2n) is 4.23. The number of nitrogens with one attached hydrogen (secondary N) is 1. The molecule has 21 heavy (non-hydrogen) atoms. The highest BCUT2D eigenvalue weighted by Crippen LogP contribution is 2.24. The van der Waals surface area contributed by atoms with E-state index in [4.69, 9.17) is 5.11 Å². The number of hydrogen-bond acceptors (Lipinski definition) is 4. The van der Waals surface area contributed by atoms with Crippen LogP contribution in [-0.4, -0.2) is 49.3 Å². The van der Waals surface area contributed by atoms with E-state index in [0.717, 1.165) is 0 Å². The first-order valence-corrected chi connectivity index (χ1v) is 7.17. The first kappa shape index (κ1) is 15.3. The summed E-state index contributed by atoms with van der Waals surface area (Å²) in [5, 5.41) is 11.1. The predicted molar refractivity (Wildman–Crippen MR) is 65.1 cm³/mol. The molecule has 0 bridgehead atoms. The molecule has 0 saturated carbocycles. The molecule has 1 heterocycles. The van der Waals surface area contributed by atoms with Gasteiger partial charge in [0.1, 0.15) is 16.3 Å². The number of piperazine rings is 1. The number of benzene rings is 1. The highest BCUT2D eigenvalue weighted by atomic mass is 32.2. The number of amides is 1. The van der Waals surface area contributed by atoms with Gasteiger partial charge in [-0.2, -0.15) is 4.31 Å². The van der Waals surface area contributed by atoms with Gasteiger partial charge in [-0.1, -0.05) is 0 Å². The Balaban J connectivity index is 2.53. The molecular formula is C11H10F2N2O5S. The molecule has 7 nitrogen and oxygen atoms in total. The molecule has 10 heteroatoms. The highest BCUT2D eigenvalue weighted by Gasteiger charge is 2.34. The summed E-state index contributed by atoms with van der Waals surface area (Å²) in [5.41, 5.74) is -1.35. The largest absolute Gasteiger partial charge is 0.477 e. The number of halogens is 2. The van der Waals surface area contributed by atoms with Gasteiger partial charge in [-0.25, -0.2) is 22.0 Å². The van der Waals surface area contributed by atoms with E-state index in [2.05, 4.69) is 5.32 Å². The molecule has 0 aliphatic carbocycles. The van der Waals surface area contributed by atoms with Crippen LogP contribution in [0.1, 0.15) is 10.4 Å². The zero-order valence-electron chi connectivity index (χ0n) is 10.5. The minimum absolute atomic E-state index is 0.0483. The topological polar surface area (TPSA) is 104 Å². The number of carboxylic acids is 1. The fourth-order valence-electron chi connectivity index (χ4n) is 1.89. The number of carbonyl (C=O) groups excluding carboxylic acids is 1.